The number of halogens is 3. The van der Waals surface area contributed by atoms with Crippen LogP contribution < -0.4 is 10.6 Å². The Kier molecular flexibility index (Phi) is 8.69. The second-order valence-corrected chi connectivity index (χ2v) is 4.16. The maximum Gasteiger partial charge on any atom is 0.389 e. The average Bonchev–Trinajstić information content (AvgIpc) is 2.32. The molecule has 118 valence electrons. The minimum absolute atomic E-state index is 0.0111. The fourth-order valence-corrected chi connectivity index (χ4v) is 1.35. The van der Waals surface area contributed by atoms with Gasteiger partial charge in [-0.1, -0.05) is 0 Å². The van der Waals surface area contributed by atoms with Crippen LogP contribution in [-0.4, -0.2) is 49.6 Å². The molecule has 0 saturated heterocycles. The summed E-state index contributed by atoms with van der Waals surface area (Å²) in [5.74, 6) is -1.05. The van der Waals surface area contributed by atoms with E-state index in [1.54, 1.807) is 0 Å². The Morgan fingerprint density at radius 1 is 1.25 bits per heavy atom. The van der Waals surface area contributed by atoms with Crippen LogP contribution >= 0.6 is 0 Å². The molecule has 9 heteroatoms. The van der Waals surface area contributed by atoms with Gasteiger partial charge in [0.2, 0.25) is 0 Å². The van der Waals surface area contributed by atoms with Gasteiger partial charge in [0.15, 0.2) is 0 Å². The van der Waals surface area contributed by atoms with Crippen molar-refractivity contribution < 1.29 is 32.6 Å². The number of carboxylic acid groups (broad SMARTS) is 1. The van der Waals surface area contributed by atoms with E-state index in [1.165, 1.54) is 7.11 Å². The van der Waals surface area contributed by atoms with Crippen molar-refractivity contribution in [3.05, 3.63) is 0 Å². The van der Waals surface area contributed by atoms with E-state index in [0.29, 0.717) is 0 Å². The Hall–Kier alpha value is -1.51. The Bertz CT molecular complexity index is 311. The first-order chi connectivity index (χ1) is 9.24. The van der Waals surface area contributed by atoms with Gasteiger partial charge in [0.05, 0.1) is 12.5 Å². The largest absolute Gasteiger partial charge is 0.481 e. The maximum absolute atomic E-state index is 11.8. The zero-order chi connectivity index (χ0) is 15.6. The highest BCUT2D eigenvalue weighted by molar-refractivity contribution is 5.74. The summed E-state index contributed by atoms with van der Waals surface area (Å²) < 4.78 is 40.3. The van der Waals surface area contributed by atoms with Gasteiger partial charge < -0.3 is 20.5 Å². The number of urea groups is 1. The Labute approximate surface area is 114 Å². The number of aliphatic carboxylic acids is 1. The quantitative estimate of drug-likeness (QED) is 0.563. The summed E-state index contributed by atoms with van der Waals surface area (Å²) in [7, 11) is 1.32. The molecule has 0 spiro atoms. The number of rotatable bonds is 9. The number of carboxylic acids is 1. The number of nitrogens with one attached hydrogen (secondary N) is 2. The summed E-state index contributed by atoms with van der Waals surface area (Å²) in [5, 5.41) is 13.3. The van der Waals surface area contributed by atoms with Crippen molar-refractivity contribution in [1.82, 2.24) is 10.6 Å². The number of carbonyl (C=O) groups excluding carboxylic acids is 1. The van der Waals surface area contributed by atoms with Crippen LogP contribution in [0, 0.1) is 0 Å². The highest BCUT2D eigenvalue weighted by Crippen LogP contribution is 2.21. The second-order valence-electron chi connectivity index (χ2n) is 4.16. The Morgan fingerprint density at radius 2 is 1.90 bits per heavy atom. The van der Waals surface area contributed by atoms with Gasteiger partial charge in [-0.15, -0.1) is 0 Å². The average molecular weight is 300 g/mol. The second kappa shape index (κ2) is 9.40. The van der Waals surface area contributed by atoms with Gasteiger partial charge in [-0.2, -0.15) is 13.2 Å². The molecule has 0 aliphatic rings. The SMILES string of the molecule is COC(CNC(=O)NCCCCC(F)(F)F)CC(=O)O. The molecule has 0 rings (SSSR count). The molecule has 0 heterocycles. The van der Waals surface area contributed by atoms with E-state index in [4.69, 9.17) is 9.84 Å². The fourth-order valence-electron chi connectivity index (χ4n) is 1.35. The van der Waals surface area contributed by atoms with Crippen molar-refractivity contribution >= 4 is 12.0 Å². The number of methoxy groups -OCH3 is 1. The fraction of sp³-hybridized carbons (Fsp3) is 0.818. The summed E-state index contributed by atoms with van der Waals surface area (Å²) in [6.45, 7) is 0.135. The number of carbonyl (C=O) groups is 2. The lowest BCUT2D eigenvalue weighted by molar-refractivity contribution is -0.139. The lowest BCUT2D eigenvalue weighted by Crippen LogP contribution is -2.41. The molecule has 1 atom stereocenters. The van der Waals surface area contributed by atoms with Crippen molar-refractivity contribution in [1.29, 1.82) is 0 Å². The van der Waals surface area contributed by atoms with E-state index in [-0.39, 0.29) is 32.4 Å². The number of amides is 2. The highest BCUT2D eigenvalue weighted by Gasteiger charge is 2.25. The van der Waals surface area contributed by atoms with E-state index >= 15 is 0 Å². The highest BCUT2D eigenvalue weighted by atomic mass is 19.4. The zero-order valence-corrected chi connectivity index (χ0v) is 11.1. The third-order valence-electron chi connectivity index (χ3n) is 2.40. The van der Waals surface area contributed by atoms with Crippen LogP contribution in [0.3, 0.4) is 0 Å². The van der Waals surface area contributed by atoms with Gasteiger partial charge in [0, 0.05) is 26.6 Å². The smallest absolute Gasteiger partial charge is 0.389 e. The van der Waals surface area contributed by atoms with E-state index in [1.807, 2.05) is 0 Å². The van der Waals surface area contributed by atoms with Crippen molar-refractivity contribution in [3.63, 3.8) is 0 Å². The third kappa shape index (κ3) is 11.6. The molecular weight excluding hydrogens is 281 g/mol. The zero-order valence-electron chi connectivity index (χ0n) is 11.1. The predicted molar refractivity (Wildman–Crippen MR) is 64.4 cm³/mol. The van der Waals surface area contributed by atoms with Crippen LogP contribution in [0.2, 0.25) is 0 Å². The van der Waals surface area contributed by atoms with Gasteiger partial charge in [-0.05, 0) is 12.8 Å². The number of ether oxygens (including phenoxy) is 1. The number of alkyl halides is 3. The van der Waals surface area contributed by atoms with Gasteiger partial charge >= 0.3 is 18.2 Å². The molecule has 1 unspecified atom stereocenters. The van der Waals surface area contributed by atoms with E-state index in [2.05, 4.69) is 10.6 Å². The Morgan fingerprint density at radius 3 is 2.40 bits per heavy atom. The van der Waals surface area contributed by atoms with Crippen LogP contribution in [0.1, 0.15) is 25.7 Å². The van der Waals surface area contributed by atoms with Crippen LogP contribution in [0.15, 0.2) is 0 Å². The minimum Gasteiger partial charge on any atom is -0.481 e. The van der Waals surface area contributed by atoms with Gasteiger partial charge in [0.1, 0.15) is 0 Å². The summed E-state index contributed by atoms with van der Waals surface area (Å²) in [6.07, 6.45) is -5.78. The van der Waals surface area contributed by atoms with Crippen molar-refractivity contribution in [2.45, 2.75) is 38.0 Å². The molecule has 2 amide bonds. The topological polar surface area (TPSA) is 87.7 Å². The molecule has 0 aromatic heterocycles. The monoisotopic (exact) mass is 300 g/mol. The number of unbranched alkanes of at least 4 members (excludes halogenated alkanes) is 1. The van der Waals surface area contributed by atoms with Crippen LogP contribution in [0.4, 0.5) is 18.0 Å². The van der Waals surface area contributed by atoms with E-state index in [0.717, 1.165) is 0 Å². The molecule has 0 bridgehead atoms. The van der Waals surface area contributed by atoms with Gasteiger partial charge in [-0.3, -0.25) is 4.79 Å². The molecule has 6 nitrogen and oxygen atoms in total. The molecular formula is C11H19F3N2O4. The molecule has 0 aromatic rings. The first kappa shape index (κ1) is 18.5. The predicted octanol–water partition coefficient (Wildman–Crippen LogP) is 1.51. The van der Waals surface area contributed by atoms with Crippen LogP contribution in [0.25, 0.3) is 0 Å². The standard InChI is InChI=1S/C11H19F3N2O4/c1-20-8(6-9(17)18)7-16-10(19)15-5-3-2-4-11(12,13)14/h8H,2-7H2,1H3,(H,17,18)(H2,15,16,19). The summed E-state index contributed by atoms with van der Waals surface area (Å²) in [4.78, 5) is 21.7. The lowest BCUT2D eigenvalue weighted by Gasteiger charge is -2.14. The molecule has 0 saturated carbocycles. The van der Waals surface area contributed by atoms with Crippen LogP contribution in [0.5, 0.6) is 0 Å². The molecule has 0 fully saturated rings. The molecule has 0 aliphatic heterocycles. The van der Waals surface area contributed by atoms with Gasteiger partial charge in [0.25, 0.3) is 0 Å². The number of hydrogen-bond acceptors (Lipinski definition) is 3. The minimum atomic E-state index is -4.18. The van der Waals surface area contributed by atoms with Crippen molar-refractivity contribution in [2.75, 3.05) is 20.2 Å². The molecule has 3 N–H and O–H groups in total. The molecule has 0 radical (unpaired) electrons. The molecule has 0 aromatic carbocycles. The molecule has 0 aliphatic carbocycles. The number of hydrogen-bond donors (Lipinski definition) is 3. The molecule has 20 heavy (non-hydrogen) atoms. The third-order valence-corrected chi connectivity index (χ3v) is 2.40. The first-order valence-electron chi connectivity index (χ1n) is 6.07. The lowest BCUT2D eigenvalue weighted by atomic mass is 10.2. The maximum atomic E-state index is 11.8. The van der Waals surface area contributed by atoms with Crippen LogP contribution in [-0.2, 0) is 9.53 Å². The van der Waals surface area contributed by atoms with Crippen molar-refractivity contribution in [3.8, 4) is 0 Å². The first-order valence-corrected chi connectivity index (χ1v) is 6.07. The summed E-state index contributed by atoms with van der Waals surface area (Å²) in [6, 6.07) is -0.565. The summed E-state index contributed by atoms with van der Waals surface area (Å²) in [5.41, 5.74) is 0. The van der Waals surface area contributed by atoms with E-state index in [9.17, 15) is 22.8 Å². The summed E-state index contributed by atoms with van der Waals surface area (Å²) >= 11 is 0. The van der Waals surface area contributed by atoms with Gasteiger partial charge in [-0.25, -0.2) is 4.79 Å². The van der Waals surface area contributed by atoms with E-state index < -0.39 is 30.7 Å². The van der Waals surface area contributed by atoms with Crippen molar-refractivity contribution in [2.24, 2.45) is 0 Å². The normalized spacial score (nSPS) is 12.8. The Balaban J connectivity index is 3.65.